The number of alkyl halides is 3. The molecule has 1 aromatic heterocycles. The van der Waals surface area contributed by atoms with Crippen LogP contribution in [0.5, 0.6) is 0 Å². The summed E-state index contributed by atoms with van der Waals surface area (Å²) in [5, 5.41) is 8.50. The van der Waals surface area contributed by atoms with Gasteiger partial charge in [0.05, 0.1) is 16.0 Å². The Hall–Kier alpha value is -1.37. The number of carboxylic acids is 1. The third kappa shape index (κ3) is 1.92. The first-order valence-electron chi connectivity index (χ1n) is 3.27. The fourth-order valence-electron chi connectivity index (χ4n) is 0.741. The average molecular weight is 223 g/mol. The zero-order valence-electron chi connectivity index (χ0n) is 6.63. The van der Waals surface area contributed by atoms with Gasteiger partial charge in [-0.15, -0.1) is 11.3 Å². The van der Waals surface area contributed by atoms with Gasteiger partial charge in [0, 0.05) is 0 Å². The van der Waals surface area contributed by atoms with E-state index in [4.69, 9.17) is 5.11 Å². The van der Waals surface area contributed by atoms with E-state index in [2.05, 4.69) is 11.6 Å². The van der Waals surface area contributed by atoms with Gasteiger partial charge in [0.1, 0.15) is 0 Å². The molecule has 0 spiro atoms. The predicted molar refractivity (Wildman–Crippen MR) is 44.2 cm³/mol. The Kier molecular flexibility index (Phi) is 2.61. The number of nitrogens with zero attached hydrogens (tertiary/aromatic N) is 1. The Balaban J connectivity index is 3.14. The minimum Gasteiger partial charge on any atom is -0.476 e. The largest absolute Gasteiger partial charge is 0.476 e. The molecule has 0 aliphatic carbocycles. The molecule has 3 nitrogen and oxygen atoms in total. The highest BCUT2D eigenvalue weighted by atomic mass is 32.1. The summed E-state index contributed by atoms with van der Waals surface area (Å²) in [5.41, 5.74) is -0.759. The van der Waals surface area contributed by atoms with Gasteiger partial charge in [-0.1, -0.05) is 6.58 Å². The molecule has 1 rings (SSSR count). The van der Waals surface area contributed by atoms with E-state index in [0.29, 0.717) is 11.3 Å². The highest BCUT2D eigenvalue weighted by Gasteiger charge is 2.36. The highest BCUT2D eigenvalue weighted by Crippen LogP contribution is 2.35. The predicted octanol–water partition coefficient (Wildman–Crippen LogP) is 2.42. The second-order valence-electron chi connectivity index (χ2n) is 2.31. The van der Waals surface area contributed by atoms with E-state index in [1.54, 1.807) is 0 Å². The molecule has 0 atom stereocenters. The van der Waals surface area contributed by atoms with Crippen molar-refractivity contribution in [2.45, 2.75) is 6.18 Å². The molecule has 0 fully saturated rings. The van der Waals surface area contributed by atoms with Crippen LogP contribution in [0.25, 0.3) is 5.57 Å². The topological polar surface area (TPSA) is 50.2 Å². The molecule has 1 heterocycles. The highest BCUT2D eigenvalue weighted by molar-refractivity contribution is 7.11. The summed E-state index contributed by atoms with van der Waals surface area (Å²) in [6, 6.07) is 0. The van der Waals surface area contributed by atoms with Gasteiger partial charge in [-0.25, -0.2) is 9.78 Å². The number of carboxylic acid groups (broad SMARTS) is 1. The Labute approximate surface area is 80.5 Å². The Bertz CT molecular complexity index is 383. The van der Waals surface area contributed by atoms with Gasteiger partial charge in [0.25, 0.3) is 0 Å². The molecule has 0 radical (unpaired) electrons. The van der Waals surface area contributed by atoms with Gasteiger partial charge in [0.15, 0.2) is 5.69 Å². The molecule has 0 aromatic carbocycles. The van der Waals surface area contributed by atoms with E-state index in [1.165, 1.54) is 0 Å². The minimum atomic E-state index is -4.63. The summed E-state index contributed by atoms with van der Waals surface area (Å²) in [5.74, 6) is -1.49. The SMILES string of the molecule is C=C(c1scnc1C(=O)O)C(F)(F)F. The molecule has 0 saturated carbocycles. The lowest BCUT2D eigenvalue weighted by Gasteiger charge is -2.07. The van der Waals surface area contributed by atoms with Gasteiger partial charge in [-0.05, 0) is 0 Å². The lowest BCUT2D eigenvalue weighted by atomic mass is 10.2. The second kappa shape index (κ2) is 3.41. The van der Waals surface area contributed by atoms with E-state index in [9.17, 15) is 18.0 Å². The smallest absolute Gasteiger partial charge is 0.417 e. The molecule has 0 unspecified atom stereocenters. The summed E-state index contributed by atoms with van der Waals surface area (Å²) in [6.45, 7) is 2.79. The first-order chi connectivity index (χ1) is 6.34. The lowest BCUT2D eigenvalue weighted by Crippen LogP contribution is -2.11. The molecule has 0 amide bonds. The van der Waals surface area contributed by atoms with Crippen molar-refractivity contribution in [2.75, 3.05) is 0 Å². The van der Waals surface area contributed by atoms with Crippen molar-refractivity contribution in [2.24, 2.45) is 0 Å². The van der Waals surface area contributed by atoms with Gasteiger partial charge < -0.3 is 5.11 Å². The van der Waals surface area contributed by atoms with Crippen molar-refractivity contribution in [3.8, 4) is 0 Å². The molecule has 0 saturated heterocycles. The zero-order chi connectivity index (χ0) is 10.9. The molecule has 0 aliphatic heterocycles. The number of halogens is 3. The van der Waals surface area contributed by atoms with E-state index >= 15 is 0 Å². The third-order valence-corrected chi connectivity index (χ3v) is 2.27. The monoisotopic (exact) mass is 223 g/mol. The van der Waals surface area contributed by atoms with Crippen LogP contribution in [0.3, 0.4) is 0 Å². The maximum Gasteiger partial charge on any atom is 0.417 e. The lowest BCUT2D eigenvalue weighted by molar-refractivity contribution is -0.0684. The van der Waals surface area contributed by atoms with E-state index in [1.807, 2.05) is 0 Å². The first kappa shape index (κ1) is 10.7. The maximum atomic E-state index is 12.1. The fourth-order valence-corrected chi connectivity index (χ4v) is 1.51. The number of hydrogen-bond acceptors (Lipinski definition) is 3. The molecular formula is C7H4F3NO2S. The Morgan fingerprint density at radius 3 is 2.57 bits per heavy atom. The number of hydrogen-bond donors (Lipinski definition) is 1. The molecule has 14 heavy (non-hydrogen) atoms. The van der Waals surface area contributed by atoms with Crippen molar-refractivity contribution in [1.29, 1.82) is 0 Å². The normalized spacial score (nSPS) is 11.4. The van der Waals surface area contributed by atoms with E-state index in [0.717, 1.165) is 5.51 Å². The molecule has 7 heteroatoms. The van der Waals surface area contributed by atoms with Gasteiger partial charge in [-0.3, -0.25) is 0 Å². The Morgan fingerprint density at radius 2 is 2.14 bits per heavy atom. The molecule has 0 bridgehead atoms. The fraction of sp³-hybridized carbons (Fsp3) is 0.143. The van der Waals surface area contributed by atoms with Crippen molar-refractivity contribution < 1.29 is 23.1 Å². The van der Waals surface area contributed by atoms with Crippen LogP contribution in [0.1, 0.15) is 15.4 Å². The van der Waals surface area contributed by atoms with Gasteiger partial charge in [-0.2, -0.15) is 13.2 Å². The Morgan fingerprint density at radius 1 is 1.57 bits per heavy atom. The minimum absolute atomic E-state index is 0.454. The summed E-state index contributed by atoms with van der Waals surface area (Å²) in [6.07, 6.45) is -4.63. The quantitative estimate of drug-likeness (QED) is 0.837. The van der Waals surface area contributed by atoms with E-state index < -0.39 is 28.3 Å². The van der Waals surface area contributed by atoms with Crippen molar-refractivity contribution >= 4 is 22.9 Å². The molecule has 1 aromatic rings. The maximum absolute atomic E-state index is 12.1. The van der Waals surface area contributed by atoms with Gasteiger partial charge in [0.2, 0.25) is 0 Å². The number of allylic oxidation sites excluding steroid dienone is 1. The summed E-state index contributed by atoms with van der Waals surface area (Å²) >= 11 is 0.601. The van der Waals surface area contributed by atoms with Crippen LogP contribution in [0.4, 0.5) is 13.2 Å². The number of thiazole rings is 1. The van der Waals surface area contributed by atoms with Crippen molar-refractivity contribution in [3.63, 3.8) is 0 Å². The van der Waals surface area contributed by atoms with E-state index in [-0.39, 0.29) is 0 Å². The van der Waals surface area contributed by atoms with Crippen molar-refractivity contribution in [3.05, 3.63) is 22.7 Å². The van der Waals surface area contributed by atoms with Crippen LogP contribution in [0.2, 0.25) is 0 Å². The standard InChI is InChI=1S/C7H4F3NO2S/c1-3(7(8,9)10)5-4(6(12)13)11-2-14-5/h2H,1H2,(H,12,13). The van der Waals surface area contributed by atoms with Crippen LogP contribution in [-0.4, -0.2) is 22.2 Å². The molecule has 0 aliphatic rings. The summed E-state index contributed by atoms with van der Waals surface area (Å²) < 4.78 is 36.4. The van der Waals surface area contributed by atoms with Crippen LogP contribution in [-0.2, 0) is 0 Å². The zero-order valence-corrected chi connectivity index (χ0v) is 7.45. The van der Waals surface area contributed by atoms with Gasteiger partial charge >= 0.3 is 12.1 Å². The summed E-state index contributed by atoms with van der Waals surface area (Å²) in [4.78, 5) is 13.3. The second-order valence-corrected chi connectivity index (χ2v) is 3.17. The first-order valence-corrected chi connectivity index (χ1v) is 4.15. The van der Waals surface area contributed by atoms with Crippen molar-refractivity contribution in [1.82, 2.24) is 4.98 Å². The average Bonchev–Trinajstić information content (AvgIpc) is 2.48. The number of rotatable bonds is 2. The molecule has 76 valence electrons. The number of aromatic carboxylic acids is 1. The van der Waals surface area contributed by atoms with Crippen LogP contribution in [0.15, 0.2) is 12.1 Å². The van der Waals surface area contributed by atoms with Crippen LogP contribution < -0.4 is 0 Å². The number of carbonyl (C=O) groups is 1. The van der Waals surface area contributed by atoms with Crippen LogP contribution in [0, 0.1) is 0 Å². The summed E-state index contributed by atoms with van der Waals surface area (Å²) in [7, 11) is 0. The number of aromatic nitrogens is 1. The molecule has 1 N–H and O–H groups in total. The van der Waals surface area contributed by atoms with Crippen LogP contribution >= 0.6 is 11.3 Å². The molecular weight excluding hydrogens is 219 g/mol. The third-order valence-electron chi connectivity index (χ3n) is 1.39.